The number of nitriles is 1. The zero-order chi connectivity index (χ0) is 19.3. The largest absolute Gasteiger partial charge is 0.340 e. The van der Waals surface area contributed by atoms with Crippen LogP contribution in [0.2, 0.25) is 0 Å². The summed E-state index contributed by atoms with van der Waals surface area (Å²) >= 11 is 2.29. The van der Waals surface area contributed by atoms with Crippen LogP contribution in [0.1, 0.15) is 35.0 Å². The SMILES string of the molecule is Cc1cc(C)c2c(ccn2SI)c1C(C)(N)c1nc2ccc(C#N)cc2[nH]1. The standard InChI is InChI=1S/C20H18IN5S/c1-11-8-12(2)18-14(6-7-26(18)27-21)17(11)20(3,23)19-24-15-5-4-13(10-22)9-16(15)25-19/h4-9H,23H2,1-3H3,(H,24,25). The summed E-state index contributed by atoms with van der Waals surface area (Å²) in [5, 5.41) is 10.3. The summed E-state index contributed by atoms with van der Waals surface area (Å²) in [6.07, 6.45) is 2.08. The van der Waals surface area contributed by atoms with Gasteiger partial charge < -0.3 is 10.7 Å². The number of nitrogens with two attached hydrogens (primary N) is 1. The van der Waals surface area contributed by atoms with Crippen LogP contribution >= 0.6 is 30.3 Å². The molecule has 0 radical (unpaired) electrons. The lowest BCUT2D eigenvalue weighted by Crippen LogP contribution is -2.36. The van der Waals surface area contributed by atoms with Gasteiger partial charge in [-0.25, -0.2) is 4.98 Å². The third kappa shape index (κ3) is 2.83. The van der Waals surface area contributed by atoms with Gasteiger partial charge in [-0.2, -0.15) is 5.26 Å². The van der Waals surface area contributed by atoms with E-state index in [1.54, 1.807) is 15.2 Å². The van der Waals surface area contributed by atoms with E-state index >= 15 is 0 Å². The van der Waals surface area contributed by atoms with E-state index in [-0.39, 0.29) is 0 Å². The summed E-state index contributed by atoms with van der Waals surface area (Å²) < 4.78 is 2.15. The van der Waals surface area contributed by atoms with Gasteiger partial charge in [-0.05, 0) is 61.7 Å². The normalized spacial score (nSPS) is 13.8. The highest BCUT2D eigenvalue weighted by molar-refractivity contribution is 14.2. The highest BCUT2D eigenvalue weighted by atomic mass is 127. The summed E-state index contributed by atoms with van der Waals surface area (Å²) in [5.74, 6) is 0.690. The molecule has 0 aliphatic rings. The van der Waals surface area contributed by atoms with Crippen LogP contribution in [0.5, 0.6) is 0 Å². The minimum absolute atomic E-state index is 0.599. The molecule has 2 aromatic carbocycles. The van der Waals surface area contributed by atoms with Crippen molar-refractivity contribution in [3.05, 3.63) is 64.6 Å². The van der Waals surface area contributed by atoms with E-state index < -0.39 is 5.54 Å². The fourth-order valence-electron chi connectivity index (χ4n) is 3.87. The molecule has 1 unspecified atom stereocenters. The molecule has 1 atom stereocenters. The molecule has 0 saturated heterocycles. The molecule has 0 bridgehead atoms. The Kier molecular flexibility index (Phi) is 4.45. The molecule has 0 aliphatic heterocycles. The quantitative estimate of drug-likeness (QED) is 0.395. The van der Waals surface area contributed by atoms with Crippen molar-refractivity contribution in [2.45, 2.75) is 26.3 Å². The fourth-order valence-corrected chi connectivity index (χ4v) is 5.27. The number of imidazole rings is 1. The molecule has 5 nitrogen and oxygen atoms in total. The third-order valence-electron chi connectivity index (χ3n) is 5.02. The second kappa shape index (κ2) is 6.55. The molecule has 0 saturated carbocycles. The first-order chi connectivity index (χ1) is 12.9. The number of nitrogens with one attached hydrogen (secondary N) is 1. The lowest BCUT2D eigenvalue weighted by Gasteiger charge is -2.26. The fraction of sp³-hybridized carbons (Fsp3) is 0.200. The van der Waals surface area contributed by atoms with Crippen LogP contribution in [0.3, 0.4) is 0 Å². The maximum atomic E-state index is 9.13. The zero-order valence-electron chi connectivity index (χ0n) is 15.2. The Balaban J connectivity index is 1.97. The predicted octanol–water partition coefficient (Wildman–Crippen LogP) is 5.07. The molecular weight excluding hydrogens is 469 g/mol. The Morgan fingerprint density at radius 1 is 1.26 bits per heavy atom. The Hall–Kier alpha value is -2.02. The smallest absolute Gasteiger partial charge is 0.131 e. The van der Waals surface area contributed by atoms with Crippen LogP contribution in [0.25, 0.3) is 21.9 Å². The van der Waals surface area contributed by atoms with Crippen molar-refractivity contribution in [1.29, 1.82) is 5.26 Å². The van der Waals surface area contributed by atoms with Crippen LogP contribution in [-0.4, -0.2) is 13.9 Å². The van der Waals surface area contributed by atoms with Crippen molar-refractivity contribution in [2.75, 3.05) is 0 Å². The van der Waals surface area contributed by atoms with Gasteiger partial charge in [-0.15, -0.1) is 0 Å². The number of aryl methyl sites for hydroxylation is 2. The van der Waals surface area contributed by atoms with E-state index in [9.17, 15) is 0 Å². The van der Waals surface area contributed by atoms with E-state index in [0.717, 1.165) is 27.5 Å². The maximum absolute atomic E-state index is 9.13. The zero-order valence-corrected chi connectivity index (χ0v) is 18.1. The minimum Gasteiger partial charge on any atom is -0.340 e. The number of benzene rings is 2. The van der Waals surface area contributed by atoms with Crippen molar-refractivity contribution in [3.8, 4) is 6.07 Å². The molecule has 0 aliphatic carbocycles. The molecule has 27 heavy (non-hydrogen) atoms. The van der Waals surface area contributed by atoms with Crippen molar-refractivity contribution in [3.63, 3.8) is 0 Å². The van der Waals surface area contributed by atoms with Gasteiger partial charge in [0.1, 0.15) is 5.82 Å². The first-order valence-electron chi connectivity index (χ1n) is 8.47. The first-order valence-corrected chi connectivity index (χ1v) is 11.8. The predicted molar refractivity (Wildman–Crippen MR) is 120 cm³/mol. The third-order valence-corrected chi connectivity index (χ3v) is 6.74. The van der Waals surface area contributed by atoms with Gasteiger partial charge in [0, 0.05) is 41.9 Å². The summed E-state index contributed by atoms with van der Waals surface area (Å²) in [6, 6.07) is 11.9. The van der Waals surface area contributed by atoms with E-state index in [4.69, 9.17) is 16.0 Å². The van der Waals surface area contributed by atoms with Gasteiger partial charge in [-0.1, -0.05) is 6.07 Å². The molecule has 0 spiro atoms. The first kappa shape index (κ1) is 18.3. The van der Waals surface area contributed by atoms with Crippen LogP contribution in [-0.2, 0) is 5.54 Å². The van der Waals surface area contributed by atoms with Crippen molar-refractivity contribution in [1.82, 2.24) is 13.9 Å². The summed E-state index contributed by atoms with van der Waals surface area (Å²) in [4.78, 5) is 8.07. The van der Waals surface area contributed by atoms with Gasteiger partial charge in [0.25, 0.3) is 0 Å². The molecule has 7 heteroatoms. The number of fused-ring (bicyclic) bond motifs is 2. The van der Waals surface area contributed by atoms with Crippen LogP contribution in [0.15, 0.2) is 36.5 Å². The topological polar surface area (TPSA) is 83.4 Å². The molecule has 0 fully saturated rings. The highest BCUT2D eigenvalue weighted by Gasteiger charge is 2.32. The summed E-state index contributed by atoms with van der Waals surface area (Å²) in [6.45, 7) is 6.21. The number of aromatic nitrogens is 3. The molecule has 136 valence electrons. The second-order valence-electron chi connectivity index (χ2n) is 6.99. The van der Waals surface area contributed by atoms with E-state index in [2.05, 4.69) is 68.4 Å². The number of hydrogen-bond donors (Lipinski definition) is 2. The lowest BCUT2D eigenvalue weighted by molar-refractivity contribution is 0.569. The van der Waals surface area contributed by atoms with Crippen LogP contribution in [0.4, 0.5) is 0 Å². The molecular formula is C20H18IN5S. The average Bonchev–Trinajstić information content (AvgIpc) is 3.25. The number of rotatable bonds is 3. The van der Waals surface area contributed by atoms with Gasteiger partial charge in [0.2, 0.25) is 0 Å². The number of aromatic amines is 1. The Labute approximate surface area is 173 Å². The Morgan fingerprint density at radius 3 is 2.74 bits per heavy atom. The van der Waals surface area contributed by atoms with Gasteiger partial charge >= 0.3 is 0 Å². The molecule has 4 aromatic rings. The van der Waals surface area contributed by atoms with E-state index in [1.807, 2.05) is 19.1 Å². The number of H-pyrrole nitrogens is 1. The van der Waals surface area contributed by atoms with Crippen molar-refractivity contribution < 1.29 is 0 Å². The maximum Gasteiger partial charge on any atom is 0.131 e. The summed E-state index contributed by atoms with van der Waals surface area (Å²) in [7, 11) is 1.64. The van der Waals surface area contributed by atoms with Crippen molar-refractivity contribution >= 4 is 52.3 Å². The molecule has 0 amide bonds. The minimum atomic E-state index is -0.802. The van der Waals surface area contributed by atoms with Crippen molar-refractivity contribution in [2.24, 2.45) is 5.73 Å². The second-order valence-corrected chi connectivity index (χ2v) is 8.70. The lowest BCUT2D eigenvalue weighted by atomic mass is 9.85. The number of hydrogen-bond acceptors (Lipinski definition) is 4. The molecule has 2 aromatic heterocycles. The number of nitrogens with zero attached hydrogens (tertiary/aromatic N) is 3. The Morgan fingerprint density at radius 2 is 2.04 bits per heavy atom. The van der Waals surface area contributed by atoms with E-state index in [0.29, 0.717) is 11.4 Å². The van der Waals surface area contributed by atoms with Crippen LogP contribution < -0.4 is 5.73 Å². The molecule has 2 heterocycles. The van der Waals surface area contributed by atoms with Crippen LogP contribution in [0, 0.1) is 25.2 Å². The number of halogens is 1. The monoisotopic (exact) mass is 487 g/mol. The summed E-state index contributed by atoms with van der Waals surface area (Å²) in [5.41, 5.74) is 12.9. The highest BCUT2D eigenvalue weighted by Crippen LogP contribution is 2.38. The van der Waals surface area contributed by atoms with E-state index in [1.165, 1.54) is 11.1 Å². The van der Waals surface area contributed by atoms with Gasteiger partial charge in [-0.3, -0.25) is 3.97 Å². The van der Waals surface area contributed by atoms with Gasteiger partial charge in [0.15, 0.2) is 0 Å². The van der Waals surface area contributed by atoms with Gasteiger partial charge in [0.05, 0.1) is 33.7 Å². The Bertz CT molecular complexity index is 1230. The average molecular weight is 487 g/mol. The molecule has 3 N–H and O–H groups in total. The molecule has 4 rings (SSSR count).